The standard InChI is InChI=1S/C14H22N4O3/c1-3-10-4-5-18(12(6-10)13(19)20)14(21)17(2)9-11-7-15-16-8-11/h7-8,10,12H,3-6,9H2,1-2H3,(H,15,16)(H,19,20). The van der Waals surface area contributed by atoms with E-state index in [9.17, 15) is 14.7 Å². The van der Waals surface area contributed by atoms with E-state index in [1.807, 2.05) is 0 Å². The number of nitrogens with zero attached hydrogens (tertiary/aromatic N) is 3. The highest BCUT2D eigenvalue weighted by Gasteiger charge is 2.36. The van der Waals surface area contributed by atoms with E-state index in [4.69, 9.17) is 0 Å². The molecule has 2 rings (SSSR count). The van der Waals surface area contributed by atoms with Crippen LogP contribution >= 0.6 is 0 Å². The summed E-state index contributed by atoms with van der Waals surface area (Å²) >= 11 is 0. The molecule has 0 saturated carbocycles. The molecule has 1 aromatic heterocycles. The van der Waals surface area contributed by atoms with Crippen molar-refractivity contribution in [1.29, 1.82) is 0 Å². The van der Waals surface area contributed by atoms with Crippen LogP contribution in [0.4, 0.5) is 4.79 Å². The maximum atomic E-state index is 12.5. The van der Waals surface area contributed by atoms with Crippen LogP contribution in [0.2, 0.25) is 0 Å². The van der Waals surface area contributed by atoms with Gasteiger partial charge in [-0.15, -0.1) is 0 Å². The van der Waals surface area contributed by atoms with Crippen LogP contribution in [0.5, 0.6) is 0 Å². The Bertz CT molecular complexity index is 488. The average Bonchev–Trinajstić information content (AvgIpc) is 2.98. The van der Waals surface area contributed by atoms with Crippen molar-refractivity contribution in [3.63, 3.8) is 0 Å². The van der Waals surface area contributed by atoms with Crippen LogP contribution in [0.15, 0.2) is 12.4 Å². The molecule has 2 heterocycles. The first kappa shape index (κ1) is 15.3. The zero-order valence-electron chi connectivity index (χ0n) is 12.5. The minimum absolute atomic E-state index is 0.238. The number of piperidine rings is 1. The van der Waals surface area contributed by atoms with E-state index in [0.29, 0.717) is 25.4 Å². The van der Waals surface area contributed by atoms with Crippen molar-refractivity contribution < 1.29 is 14.7 Å². The Hall–Kier alpha value is -2.05. The Morgan fingerprint density at radius 2 is 2.33 bits per heavy atom. The highest BCUT2D eigenvalue weighted by atomic mass is 16.4. The molecule has 21 heavy (non-hydrogen) atoms. The molecule has 1 aliphatic rings. The van der Waals surface area contributed by atoms with Gasteiger partial charge in [0.25, 0.3) is 0 Å². The Labute approximate surface area is 123 Å². The number of urea groups is 1. The molecule has 0 bridgehead atoms. The lowest BCUT2D eigenvalue weighted by molar-refractivity contribution is -0.144. The molecule has 116 valence electrons. The molecule has 1 aliphatic heterocycles. The third-order valence-electron chi connectivity index (χ3n) is 4.12. The molecule has 7 heteroatoms. The van der Waals surface area contributed by atoms with Gasteiger partial charge in [0, 0.05) is 25.4 Å². The smallest absolute Gasteiger partial charge is 0.326 e. The van der Waals surface area contributed by atoms with E-state index in [-0.39, 0.29) is 6.03 Å². The first-order valence-electron chi connectivity index (χ1n) is 7.25. The number of hydrogen-bond acceptors (Lipinski definition) is 3. The van der Waals surface area contributed by atoms with Crippen LogP contribution in [0.25, 0.3) is 0 Å². The van der Waals surface area contributed by atoms with Crippen molar-refractivity contribution in [1.82, 2.24) is 20.0 Å². The van der Waals surface area contributed by atoms with Gasteiger partial charge in [0.1, 0.15) is 6.04 Å². The maximum absolute atomic E-state index is 12.5. The van der Waals surface area contributed by atoms with E-state index in [2.05, 4.69) is 17.1 Å². The number of aromatic amines is 1. The van der Waals surface area contributed by atoms with Crippen molar-refractivity contribution >= 4 is 12.0 Å². The first-order valence-corrected chi connectivity index (χ1v) is 7.25. The quantitative estimate of drug-likeness (QED) is 0.881. The number of nitrogens with one attached hydrogen (secondary N) is 1. The normalized spacial score (nSPS) is 22.1. The highest BCUT2D eigenvalue weighted by Crippen LogP contribution is 2.26. The Morgan fingerprint density at radius 1 is 1.57 bits per heavy atom. The molecule has 2 N–H and O–H groups in total. The molecule has 0 aliphatic carbocycles. The molecule has 0 aromatic carbocycles. The maximum Gasteiger partial charge on any atom is 0.326 e. The van der Waals surface area contributed by atoms with Crippen LogP contribution in [0.3, 0.4) is 0 Å². The minimum atomic E-state index is -0.918. The number of H-pyrrole nitrogens is 1. The van der Waals surface area contributed by atoms with Crippen LogP contribution < -0.4 is 0 Å². The summed E-state index contributed by atoms with van der Waals surface area (Å²) < 4.78 is 0. The lowest BCUT2D eigenvalue weighted by Gasteiger charge is -2.38. The van der Waals surface area contributed by atoms with Crippen LogP contribution in [-0.2, 0) is 11.3 Å². The highest BCUT2D eigenvalue weighted by molar-refractivity contribution is 5.82. The largest absolute Gasteiger partial charge is 0.480 e. The number of aromatic nitrogens is 2. The van der Waals surface area contributed by atoms with Gasteiger partial charge in [-0.3, -0.25) is 5.10 Å². The molecule has 1 fully saturated rings. The van der Waals surface area contributed by atoms with E-state index in [0.717, 1.165) is 18.4 Å². The average molecular weight is 294 g/mol. The monoisotopic (exact) mass is 294 g/mol. The Morgan fingerprint density at radius 3 is 2.90 bits per heavy atom. The summed E-state index contributed by atoms with van der Waals surface area (Å²) in [4.78, 5) is 27.0. The van der Waals surface area contributed by atoms with Crippen LogP contribution in [-0.4, -0.2) is 56.7 Å². The fourth-order valence-electron chi connectivity index (χ4n) is 2.80. The van der Waals surface area contributed by atoms with Gasteiger partial charge >= 0.3 is 12.0 Å². The summed E-state index contributed by atoms with van der Waals surface area (Å²) in [5, 5.41) is 15.9. The van der Waals surface area contributed by atoms with Gasteiger partial charge in [-0.2, -0.15) is 5.10 Å². The summed E-state index contributed by atoms with van der Waals surface area (Å²) in [6.07, 6.45) is 5.74. The van der Waals surface area contributed by atoms with Crippen LogP contribution in [0, 0.1) is 5.92 Å². The van der Waals surface area contributed by atoms with Gasteiger partial charge in [0.05, 0.1) is 12.7 Å². The fourth-order valence-corrected chi connectivity index (χ4v) is 2.80. The number of carbonyl (C=O) groups excluding carboxylic acids is 1. The Balaban J connectivity index is 2.04. The molecule has 7 nitrogen and oxygen atoms in total. The number of aliphatic carboxylic acids is 1. The predicted molar refractivity (Wildman–Crippen MR) is 76.6 cm³/mol. The molecule has 2 unspecified atom stereocenters. The van der Waals surface area contributed by atoms with Crippen molar-refractivity contribution in [2.24, 2.45) is 5.92 Å². The SMILES string of the molecule is CCC1CCN(C(=O)N(C)Cc2cn[nH]c2)C(C(=O)O)C1. The topological polar surface area (TPSA) is 89.5 Å². The molecule has 1 aromatic rings. The third-order valence-corrected chi connectivity index (χ3v) is 4.12. The molecular weight excluding hydrogens is 272 g/mol. The summed E-state index contributed by atoms with van der Waals surface area (Å²) in [7, 11) is 1.68. The number of amides is 2. The lowest BCUT2D eigenvalue weighted by atomic mass is 9.89. The molecule has 2 atom stereocenters. The van der Waals surface area contributed by atoms with Gasteiger partial charge in [0.15, 0.2) is 0 Å². The second-order valence-electron chi connectivity index (χ2n) is 5.59. The zero-order valence-corrected chi connectivity index (χ0v) is 12.5. The van der Waals surface area contributed by atoms with Gasteiger partial charge < -0.3 is 14.9 Å². The fraction of sp³-hybridized carbons (Fsp3) is 0.643. The molecular formula is C14H22N4O3. The second-order valence-corrected chi connectivity index (χ2v) is 5.59. The van der Waals surface area contributed by atoms with Crippen molar-refractivity contribution in [3.8, 4) is 0 Å². The molecule has 2 amide bonds. The minimum Gasteiger partial charge on any atom is -0.480 e. The predicted octanol–water partition coefficient (Wildman–Crippen LogP) is 1.54. The first-order chi connectivity index (χ1) is 10.0. The van der Waals surface area contributed by atoms with E-state index in [1.165, 1.54) is 9.80 Å². The summed E-state index contributed by atoms with van der Waals surface area (Å²) in [6.45, 7) is 2.98. The summed E-state index contributed by atoms with van der Waals surface area (Å²) in [5.74, 6) is -0.535. The van der Waals surface area contributed by atoms with E-state index >= 15 is 0 Å². The van der Waals surface area contributed by atoms with Crippen LogP contribution in [0.1, 0.15) is 31.7 Å². The molecule has 0 spiro atoms. The van der Waals surface area contributed by atoms with Gasteiger partial charge in [-0.1, -0.05) is 13.3 Å². The summed E-state index contributed by atoms with van der Waals surface area (Å²) in [5.41, 5.74) is 0.890. The van der Waals surface area contributed by atoms with E-state index in [1.54, 1.807) is 19.4 Å². The van der Waals surface area contributed by atoms with Gasteiger partial charge in [-0.25, -0.2) is 9.59 Å². The Kier molecular flexibility index (Phi) is 4.82. The summed E-state index contributed by atoms with van der Waals surface area (Å²) in [6, 6.07) is -0.957. The number of rotatable bonds is 4. The van der Waals surface area contributed by atoms with Gasteiger partial charge in [-0.05, 0) is 18.8 Å². The molecule has 0 radical (unpaired) electrons. The van der Waals surface area contributed by atoms with Crippen molar-refractivity contribution in [2.45, 2.75) is 38.8 Å². The third kappa shape index (κ3) is 3.53. The van der Waals surface area contributed by atoms with E-state index < -0.39 is 12.0 Å². The van der Waals surface area contributed by atoms with Crippen molar-refractivity contribution in [2.75, 3.05) is 13.6 Å². The number of hydrogen-bond donors (Lipinski definition) is 2. The van der Waals surface area contributed by atoms with Gasteiger partial charge in [0.2, 0.25) is 0 Å². The number of carboxylic acids is 1. The second kappa shape index (κ2) is 6.60. The number of carboxylic acid groups (broad SMARTS) is 1. The lowest BCUT2D eigenvalue weighted by Crippen LogP contribution is -2.53. The number of carbonyl (C=O) groups is 2. The van der Waals surface area contributed by atoms with Crippen molar-refractivity contribution in [3.05, 3.63) is 18.0 Å². The number of likely N-dealkylation sites (tertiary alicyclic amines) is 1. The zero-order chi connectivity index (χ0) is 15.4. The molecule has 1 saturated heterocycles.